The monoisotopic (exact) mass is 318 g/mol. The Morgan fingerprint density at radius 1 is 1.26 bits per heavy atom. The van der Waals surface area contributed by atoms with Gasteiger partial charge in [-0.15, -0.1) is 0 Å². The lowest BCUT2D eigenvalue weighted by Crippen LogP contribution is -2.41. The molecule has 2 amide bonds. The van der Waals surface area contributed by atoms with Crippen molar-refractivity contribution in [3.05, 3.63) is 29.8 Å². The van der Waals surface area contributed by atoms with Gasteiger partial charge in [0.1, 0.15) is 0 Å². The molecule has 1 heterocycles. The molecule has 6 nitrogen and oxygen atoms in total. The molecule has 1 aromatic carbocycles. The van der Waals surface area contributed by atoms with E-state index in [1.165, 1.54) is 12.0 Å². The molecule has 0 aliphatic carbocycles. The van der Waals surface area contributed by atoms with Crippen LogP contribution in [0.4, 0.5) is 5.69 Å². The van der Waals surface area contributed by atoms with E-state index in [2.05, 4.69) is 5.32 Å². The molecule has 1 fully saturated rings. The molecule has 1 atom stereocenters. The minimum atomic E-state index is -0.494. The maximum absolute atomic E-state index is 12.5. The largest absolute Gasteiger partial charge is 0.469 e. The molecule has 0 saturated carbocycles. The van der Waals surface area contributed by atoms with Gasteiger partial charge in [-0.1, -0.05) is 12.1 Å². The molecule has 1 unspecified atom stereocenters. The zero-order valence-electron chi connectivity index (χ0n) is 13.9. The Balaban J connectivity index is 2.29. The average Bonchev–Trinajstić information content (AvgIpc) is 2.86. The zero-order valence-corrected chi connectivity index (χ0v) is 13.9. The lowest BCUT2D eigenvalue weighted by molar-refractivity contribution is -0.145. The number of benzene rings is 1. The number of carbonyl (C=O) groups is 3. The average molecular weight is 318 g/mol. The van der Waals surface area contributed by atoms with Gasteiger partial charge in [0, 0.05) is 18.5 Å². The van der Waals surface area contributed by atoms with Crippen molar-refractivity contribution in [3.8, 4) is 0 Å². The van der Waals surface area contributed by atoms with Gasteiger partial charge in [-0.05, 0) is 32.9 Å². The Bertz CT molecular complexity index is 634. The van der Waals surface area contributed by atoms with E-state index in [9.17, 15) is 14.4 Å². The summed E-state index contributed by atoms with van der Waals surface area (Å²) < 4.78 is 4.71. The fourth-order valence-electron chi connectivity index (χ4n) is 2.57. The second-order valence-corrected chi connectivity index (χ2v) is 6.65. The van der Waals surface area contributed by atoms with E-state index in [-0.39, 0.29) is 30.3 Å². The van der Waals surface area contributed by atoms with E-state index in [1.807, 2.05) is 20.8 Å². The van der Waals surface area contributed by atoms with Gasteiger partial charge >= 0.3 is 5.97 Å². The highest BCUT2D eigenvalue weighted by Crippen LogP contribution is 2.29. The molecule has 1 aromatic rings. The fourth-order valence-corrected chi connectivity index (χ4v) is 2.57. The summed E-state index contributed by atoms with van der Waals surface area (Å²) in [5.74, 6) is -1.33. The van der Waals surface area contributed by atoms with Crippen molar-refractivity contribution in [2.75, 3.05) is 18.6 Å². The number of nitrogens with zero attached hydrogens (tertiary/aromatic N) is 1. The van der Waals surface area contributed by atoms with Crippen LogP contribution < -0.4 is 10.2 Å². The fraction of sp³-hybridized carbons (Fsp3) is 0.471. The minimum absolute atomic E-state index is 0.0991. The van der Waals surface area contributed by atoms with Crippen LogP contribution in [-0.4, -0.2) is 37.0 Å². The first kappa shape index (κ1) is 17.0. The van der Waals surface area contributed by atoms with E-state index < -0.39 is 11.9 Å². The Kier molecular flexibility index (Phi) is 4.73. The van der Waals surface area contributed by atoms with Crippen molar-refractivity contribution in [2.24, 2.45) is 5.92 Å². The molecule has 2 rings (SSSR count). The van der Waals surface area contributed by atoms with Gasteiger partial charge in [-0.2, -0.15) is 0 Å². The summed E-state index contributed by atoms with van der Waals surface area (Å²) in [7, 11) is 1.31. The second-order valence-electron chi connectivity index (χ2n) is 6.65. The number of esters is 1. The molecular formula is C17H22N2O4. The third-order valence-electron chi connectivity index (χ3n) is 3.59. The maximum Gasteiger partial charge on any atom is 0.311 e. The summed E-state index contributed by atoms with van der Waals surface area (Å²) in [6.07, 6.45) is 0.0991. The standard InChI is InChI=1S/C17H22N2O4/c1-17(2,3)18-15(21)12-7-5-6-8-13(12)19-10-11(9-14(19)20)16(22)23-4/h5-8,11H,9-10H2,1-4H3,(H,18,21). The Labute approximate surface area is 135 Å². The summed E-state index contributed by atoms with van der Waals surface area (Å²) in [4.78, 5) is 37.9. The predicted octanol–water partition coefficient (Wildman–Crippen LogP) is 1.74. The van der Waals surface area contributed by atoms with Gasteiger partial charge in [-0.3, -0.25) is 14.4 Å². The number of anilines is 1. The second kappa shape index (κ2) is 6.40. The number of carbonyl (C=O) groups excluding carboxylic acids is 3. The summed E-state index contributed by atoms with van der Waals surface area (Å²) in [6, 6.07) is 6.91. The Morgan fingerprint density at radius 3 is 2.52 bits per heavy atom. The van der Waals surface area contributed by atoms with Crippen molar-refractivity contribution in [2.45, 2.75) is 32.7 Å². The van der Waals surface area contributed by atoms with Crippen LogP contribution in [-0.2, 0) is 14.3 Å². The quantitative estimate of drug-likeness (QED) is 0.861. The number of rotatable bonds is 3. The third-order valence-corrected chi connectivity index (χ3v) is 3.59. The Morgan fingerprint density at radius 2 is 1.91 bits per heavy atom. The molecule has 1 saturated heterocycles. The van der Waals surface area contributed by atoms with Crippen molar-refractivity contribution >= 4 is 23.5 Å². The minimum Gasteiger partial charge on any atom is -0.469 e. The van der Waals surface area contributed by atoms with E-state index in [4.69, 9.17) is 4.74 Å². The molecular weight excluding hydrogens is 296 g/mol. The number of ether oxygens (including phenoxy) is 1. The van der Waals surface area contributed by atoms with Gasteiger partial charge in [0.15, 0.2) is 0 Å². The van der Waals surface area contributed by atoms with Gasteiger partial charge in [0.25, 0.3) is 5.91 Å². The molecule has 0 bridgehead atoms. The van der Waals surface area contributed by atoms with Crippen LogP contribution in [0.2, 0.25) is 0 Å². The number of hydrogen-bond acceptors (Lipinski definition) is 4. The Hall–Kier alpha value is -2.37. The van der Waals surface area contributed by atoms with Crippen LogP contribution >= 0.6 is 0 Å². The molecule has 1 aliphatic rings. The smallest absolute Gasteiger partial charge is 0.311 e. The molecule has 23 heavy (non-hydrogen) atoms. The van der Waals surface area contributed by atoms with Gasteiger partial charge < -0.3 is 15.0 Å². The zero-order chi connectivity index (χ0) is 17.2. The summed E-state index contributed by atoms with van der Waals surface area (Å²) in [5, 5.41) is 2.89. The molecule has 0 spiro atoms. The summed E-state index contributed by atoms with van der Waals surface area (Å²) in [6.45, 7) is 5.90. The number of methoxy groups -OCH3 is 1. The molecule has 124 valence electrons. The van der Waals surface area contributed by atoms with Crippen LogP contribution in [0.25, 0.3) is 0 Å². The van der Waals surface area contributed by atoms with Gasteiger partial charge in [-0.25, -0.2) is 0 Å². The summed E-state index contributed by atoms with van der Waals surface area (Å²) >= 11 is 0. The number of hydrogen-bond donors (Lipinski definition) is 1. The first-order valence-electron chi connectivity index (χ1n) is 7.52. The predicted molar refractivity (Wildman–Crippen MR) is 86.1 cm³/mol. The first-order valence-corrected chi connectivity index (χ1v) is 7.52. The highest BCUT2D eigenvalue weighted by molar-refractivity contribution is 6.07. The molecule has 0 aromatic heterocycles. The lowest BCUT2D eigenvalue weighted by Gasteiger charge is -2.24. The van der Waals surface area contributed by atoms with Crippen molar-refractivity contribution < 1.29 is 19.1 Å². The lowest BCUT2D eigenvalue weighted by atomic mass is 10.1. The van der Waals surface area contributed by atoms with Crippen molar-refractivity contribution in [1.82, 2.24) is 5.32 Å². The number of nitrogens with one attached hydrogen (secondary N) is 1. The number of amides is 2. The molecule has 1 aliphatic heterocycles. The molecule has 6 heteroatoms. The van der Waals surface area contributed by atoms with E-state index >= 15 is 0 Å². The number of para-hydroxylation sites is 1. The third kappa shape index (κ3) is 3.88. The van der Waals surface area contributed by atoms with E-state index in [0.717, 1.165) is 0 Å². The SMILES string of the molecule is COC(=O)C1CC(=O)N(c2ccccc2C(=O)NC(C)(C)C)C1. The van der Waals surface area contributed by atoms with Gasteiger partial charge in [0.05, 0.1) is 24.3 Å². The first-order chi connectivity index (χ1) is 10.7. The van der Waals surface area contributed by atoms with Crippen LogP contribution in [0.1, 0.15) is 37.6 Å². The molecule has 1 N–H and O–H groups in total. The van der Waals surface area contributed by atoms with Crippen LogP contribution in [0.3, 0.4) is 0 Å². The molecule has 0 radical (unpaired) electrons. The normalized spacial score (nSPS) is 18.0. The van der Waals surface area contributed by atoms with Crippen LogP contribution in [0, 0.1) is 5.92 Å². The van der Waals surface area contributed by atoms with Crippen LogP contribution in [0.15, 0.2) is 24.3 Å². The van der Waals surface area contributed by atoms with E-state index in [0.29, 0.717) is 11.3 Å². The maximum atomic E-state index is 12.5. The van der Waals surface area contributed by atoms with Crippen LogP contribution in [0.5, 0.6) is 0 Å². The highest BCUT2D eigenvalue weighted by Gasteiger charge is 2.37. The van der Waals surface area contributed by atoms with Crippen molar-refractivity contribution in [3.63, 3.8) is 0 Å². The summed E-state index contributed by atoms with van der Waals surface area (Å²) in [5.41, 5.74) is 0.556. The van der Waals surface area contributed by atoms with Crippen molar-refractivity contribution in [1.29, 1.82) is 0 Å². The van der Waals surface area contributed by atoms with E-state index in [1.54, 1.807) is 24.3 Å². The topological polar surface area (TPSA) is 75.7 Å². The van der Waals surface area contributed by atoms with Gasteiger partial charge in [0.2, 0.25) is 5.91 Å². The highest BCUT2D eigenvalue weighted by atomic mass is 16.5.